The van der Waals surface area contributed by atoms with Gasteiger partial charge in [-0.3, -0.25) is 5.32 Å². The Kier molecular flexibility index (Phi) is 1.81. The topological polar surface area (TPSA) is 36.2 Å². The molecule has 3 heteroatoms. The molecule has 1 aliphatic heterocycles. The van der Waals surface area contributed by atoms with E-state index in [0.29, 0.717) is 12.4 Å². The van der Waals surface area contributed by atoms with Gasteiger partial charge in [0.25, 0.3) is 0 Å². The van der Waals surface area contributed by atoms with Crippen molar-refractivity contribution in [1.82, 2.24) is 10.3 Å². The summed E-state index contributed by atoms with van der Waals surface area (Å²) >= 11 is 0. The number of fused-ring (bicyclic) bond motifs is 2. The van der Waals surface area contributed by atoms with Crippen LogP contribution in [0.5, 0.6) is 11.6 Å². The van der Waals surface area contributed by atoms with Crippen LogP contribution in [0.1, 0.15) is 5.56 Å². The molecule has 2 aromatic rings. The van der Waals surface area contributed by atoms with Gasteiger partial charge in [0.1, 0.15) is 5.69 Å². The van der Waals surface area contributed by atoms with E-state index in [1.807, 2.05) is 36.4 Å². The predicted molar refractivity (Wildman–Crippen MR) is 56.3 cm³/mol. The number of hydrogen-bond acceptors (Lipinski definition) is 2. The van der Waals surface area contributed by atoms with Crippen LogP contribution in [0.4, 0.5) is 5.69 Å². The molecule has 3 nitrogen and oxygen atoms in total. The molecule has 1 radical (unpaired) electrons. The molecule has 0 bridgehead atoms. The Labute approximate surface area is 87.7 Å². The Balaban J connectivity index is 2.10. The summed E-state index contributed by atoms with van der Waals surface area (Å²) in [5.41, 5.74) is 1.91. The molecule has 0 atom stereocenters. The maximum Gasteiger partial charge on any atom is 0.224 e. The van der Waals surface area contributed by atoms with Crippen LogP contribution in [-0.2, 0) is 6.54 Å². The average Bonchev–Trinajstić information content (AvgIpc) is 2.48. The number of pyridine rings is 1. The molecule has 1 aromatic heterocycles. The number of hydrogen-bond donors (Lipinski definition) is 0. The SMILES string of the molecule is c1cnc2c(c1)C[N]c1ccccc1O2. The largest absolute Gasteiger partial charge is 0.436 e. The molecule has 0 amide bonds. The second kappa shape index (κ2) is 3.28. The van der Waals surface area contributed by atoms with Crippen molar-refractivity contribution in [3.63, 3.8) is 0 Å². The summed E-state index contributed by atoms with van der Waals surface area (Å²) in [5, 5.41) is 4.46. The predicted octanol–water partition coefficient (Wildman–Crippen LogP) is 2.62. The first-order valence-electron chi connectivity index (χ1n) is 4.82. The van der Waals surface area contributed by atoms with Crippen LogP contribution >= 0.6 is 0 Å². The van der Waals surface area contributed by atoms with Gasteiger partial charge in [-0.05, 0) is 18.2 Å². The van der Waals surface area contributed by atoms with Crippen LogP contribution in [-0.4, -0.2) is 4.98 Å². The summed E-state index contributed by atoms with van der Waals surface area (Å²) in [6.07, 6.45) is 1.73. The van der Waals surface area contributed by atoms with Crippen molar-refractivity contribution in [2.24, 2.45) is 0 Å². The van der Waals surface area contributed by atoms with Gasteiger partial charge in [-0.15, -0.1) is 0 Å². The van der Waals surface area contributed by atoms with E-state index < -0.39 is 0 Å². The molecule has 1 aromatic carbocycles. The lowest BCUT2D eigenvalue weighted by atomic mass is 10.2. The van der Waals surface area contributed by atoms with Crippen LogP contribution < -0.4 is 10.1 Å². The second-order valence-corrected chi connectivity index (χ2v) is 3.35. The number of para-hydroxylation sites is 2. The maximum atomic E-state index is 5.70. The van der Waals surface area contributed by atoms with E-state index in [1.165, 1.54) is 0 Å². The summed E-state index contributed by atoms with van der Waals surface area (Å²) in [5.74, 6) is 1.43. The first kappa shape index (κ1) is 8.29. The minimum atomic E-state index is 0.625. The molecule has 0 N–H and O–H groups in total. The fraction of sp³-hybridized carbons (Fsp3) is 0.0833. The molecule has 3 rings (SSSR count). The molecular formula is C12H9N2O. The molecule has 0 unspecified atom stereocenters. The minimum absolute atomic E-state index is 0.625. The van der Waals surface area contributed by atoms with Crippen molar-refractivity contribution in [2.45, 2.75) is 6.54 Å². The molecule has 2 heterocycles. The second-order valence-electron chi connectivity index (χ2n) is 3.35. The van der Waals surface area contributed by atoms with E-state index in [1.54, 1.807) is 6.20 Å². The number of benzene rings is 1. The zero-order valence-electron chi connectivity index (χ0n) is 8.05. The molecule has 0 saturated carbocycles. The maximum absolute atomic E-state index is 5.70. The number of aromatic nitrogens is 1. The monoisotopic (exact) mass is 197 g/mol. The Hall–Kier alpha value is -2.03. The molecule has 0 spiro atoms. The number of ether oxygens (including phenoxy) is 1. The fourth-order valence-electron chi connectivity index (χ4n) is 1.58. The van der Waals surface area contributed by atoms with Gasteiger partial charge in [0.15, 0.2) is 5.75 Å². The third-order valence-electron chi connectivity index (χ3n) is 2.34. The Morgan fingerprint density at radius 3 is 3.00 bits per heavy atom. The van der Waals surface area contributed by atoms with Crippen molar-refractivity contribution < 1.29 is 4.74 Å². The lowest BCUT2D eigenvalue weighted by Crippen LogP contribution is -1.95. The van der Waals surface area contributed by atoms with Gasteiger partial charge in [-0.1, -0.05) is 18.2 Å². The molecule has 73 valence electrons. The highest BCUT2D eigenvalue weighted by atomic mass is 16.5. The van der Waals surface area contributed by atoms with Gasteiger partial charge in [-0.2, -0.15) is 0 Å². The van der Waals surface area contributed by atoms with Crippen LogP contribution in [0.3, 0.4) is 0 Å². The third kappa shape index (κ3) is 1.42. The Morgan fingerprint density at radius 1 is 1.07 bits per heavy atom. The third-order valence-corrected chi connectivity index (χ3v) is 2.34. The van der Waals surface area contributed by atoms with E-state index in [9.17, 15) is 0 Å². The Morgan fingerprint density at radius 2 is 2.00 bits per heavy atom. The van der Waals surface area contributed by atoms with Crippen LogP contribution in [0.25, 0.3) is 0 Å². The van der Waals surface area contributed by atoms with Gasteiger partial charge in [0.05, 0.1) is 6.54 Å². The van der Waals surface area contributed by atoms with E-state index in [0.717, 1.165) is 17.0 Å². The summed E-state index contributed by atoms with van der Waals surface area (Å²) < 4.78 is 5.70. The first-order chi connectivity index (χ1) is 7.43. The molecule has 15 heavy (non-hydrogen) atoms. The van der Waals surface area contributed by atoms with E-state index in [-0.39, 0.29) is 0 Å². The van der Waals surface area contributed by atoms with Gasteiger partial charge in [0.2, 0.25) is 5.88 Å². The zero-order chi connectivity index (χ0) is 10.1. The number of nitrogens with zero attached hydrogens (tertiary/aromatic N) is 2. The van der Waals surface area contributed by atoms with Gasteiger partial charge in [0, 0.05) is 11.8 Å². The highest BCUT2D eigenvalue weighted by Gasteiger charge is 2.14. The van der Waals surface area contributed by atoms with Crippen LogP contribution in [0, 0.1) is 0 Å². The van der Waals surface area contributed by atoms with Gasteiger partial charge < -0.3 is 4.74 Å². The van der Waals surface area contributed by atoms with Crippen LogP contribution in [0.2, 0.25) is 0 Å². The smallest absolute Gasteiger partial charge is 0.224 e. The van der Waals surface area contributed by atoms with Crippen molar-refractivity contribution in [2.75, 3.05) is 0 Å². The molecule has 0 aliphatic carbocycles. The molecule has 0 saturated heterocycles. The molecule has 1 aliphatic rings. The van der Waals surface area contributed by atoms with Crippen molar-refractivity contribution in [3.05, 3.63) is 48.2 Å². The summed E-state index contributed by atoms with van der Waals surface area (Å²) in [4.78, 5) is 4.20. The molecule has 0 fully saturated rings. The quantitative estimate of drug-likeness (QED) is 0.650. The summed E-state index contributed by atoms with van der Waals surface area (Å²) in [7, 11) is 0. The molecular weight excluding hydrogens is 188 g/mol. The highest BCUT2D eigenvalue weighted by Crippen LogP contribution is 2.33. The van der Waals surface area contributed by atoms with Crippen molar-refractivity contribution in [3.8, 4) is 11.6 Å². The normalized spacial score (nSPS) is 12.8. The van der Waals surface area contributed by atoms with Gasteiger partial charge >= 0.3 is 0 Å². The van der Waals surface area contributed by atoms with E-state index in [4.69, 9.17) is 4.74 Å². The van der Waals surface area contributed by atoms with Crippen molar-refractivity contribution >= 4 is 5.69 Å². The highest BCUT2D eigenvalue weighted by molar-refractivity contribution is 5.54. The Bertz CT molecular complexity index is 451. The minimum Gasteiger partial charge on any atom is -0.436 e. The number of rotatable bonds is 0. The lowest BCUT2D eigenvalue weighted by molar-refractivity contribution is 0.463. The average molecular weight is 197 g/mol. The summed E-state index contributed by atoms with van der Waals surface area (Å²) in [6, 6.07) is 11.6. The van der Waals surface area contributed by atoms with E-state index in [2.05, 4.69) is 10.3 Å². The lowest BCUT2D eigenvalue weighted by Gasteiger charge is -2.04. The zero-order valence-corrected chi connectivity index (χ0v) is 8.05. The first-order valence-corrected chi connectivity index (χ1v) is 4.82. The van der Waals surface area contributed by atoms with Gasteiger partial charge in [-0.25, -0.2) is 4.98 Å². The van der Waals surface area contributed by atoms with E-state index >= 15 is 0 Å². The van der Waals surface area contributed by atoms with Crippen molar-refractivity contribution in [1.29, 1.82) is 0 Å². The van der Waals surface area contributed by atoms with Crippen LogP contribution in [0.15, 0.2) is 42.6 Å². The fourth-order valence-corrected chi connectivity index (χ4v) is 1.58. The standard InChI is InChI=1S/C12H9N2O/c1-2-6-11-10(5-1)14-8-9-4-3-7-13-12(9)15-11/h1-7H,8H2. The summed E-state index contributed by atoms with van der Waals surface area (Å²) in [6.45, 7) is 0.625.